The van der Waals surface area contributed by atoms with E-state index in [4.69, 9.17) is 44.8 Å². The van der Waals surface area contributed by atoms with E-state index in [9.17, 15) is 16.8 Å². The second kappa shape index (κ2) is 20.0. The molecule has 16 nitrogen and oxygen atoms in total. The fourth-order valence-electron chi connectivity index (χ4n) is 4.71. The molecule has 0 unspecified atom stereocenters. The van der Waals surface area contributed by atoms with E-state index in [1.165, 1.54) is 64.8 Å². The molecule has 0 saturated carbocycles. The third kappa shape index (κ3) is 12.1. The summed E-state index contributed by atoms with van der Waals surface area (Å²) in [5, 5.41) is 0. The summed E-state index contributed by atoms with van der Waals surface area (Å²) in [5.41, 5.74) is 9.01. The number of nitrogen functional groups attached to an aromatic ring is 1. The Balaban J connectivity index is 0.000000209. The van der Waals surface area contributed by atoms with Crippen molar-refractivity contribution in [1.29, 1.82) is 0 Å². The van der Waals surface area contributed by atoms with E-state index in [1.54, 1.807) is 39.0 Å². The van der Waals surface area contributed by atoms with Crippen molar-refractivity contribution in [3.8, 4) is 56.8 Å². The first-order valence-electron chi connectivity index (χ1n) is 16.3. The van der Waals surface area contributed by atoms with Gasteiger partial charge >= 0.3 is 0 Å². The second-order valence-electron chi connectivity index (χ2n) is 11.2. The van der Waals surface area contributed by atoms with Crippen LogP contribution >= 0.6 is 10.7 Å². The van der Waals surface area contributed by atoms with Crippen LogP contribution in [0.5, 0.6) is 34.5 Å². The quantitative estimate of drug-likeness (QED) is 0.129. The second-order valence-corrected chi connectivity index (χ2v) is 15.4. The van der Waals surface area contributed by atoms with Crippen LogP contribution in [0.15, 0.2) is 120 Å². The minimum atomic E-state index is -3.88. The number of hydrogen-bond acceptors (Lipinski definition) is 15. The number of nitrogens with two attached hydrogens (primary N) is 1. The predicted molar refractivity (Wildman–Crippen MR) is 215 cm³/mol. The summed E-state index contributed by atoms with van der Waals surface area (Å²) in [4.78, 5) is 16.0. The number of anilines is 2. The van der Waals surface area contributed by atoms with Gasteiger partial charge in [0.15, 0.2) is 23.0 Å². The lowest BCUT2D eigenvalue weighted by molar-refractivity contribution is 0.354. The number of methoxy groups -OCH3 is 6. The first-order chi connectivity index (χ1) is 27.2. The van der Waals surface area contributed by atoms with Gasteiger partial charge in [-0.15, -0.1) is 0 Å². The maximum atomic E-state index is 12.6. The summed E-state index contributed by atoms with van der Waals surface area (Å²) < 4.78 is 79.8. The summed E-state index contributed by atoms with van der Waals surface area (Å²) in [6, 6.07) is 23.5. The fourth-order valence-corrected chi connectivity index (χ4v) is 6.45. The Labute approximate surface area is 335 Å². The van der Waals surface area contributed by atoms with Crippen molar-refractivity contribution in [2.75, 3.05) is 53.1 Å². The number of ether oxygens (including phenoxy) is 6. The average Bonchev–Trinajstić information content (AvgIpc) is 3.23. The Morgan fingerprint density at radius 1 is 0.491 bits per heavy atom. The molecule has 0 bridgehead atoms. The standard InChI is InChI=1S/C19H19N3O5S.C11H11N3O.C8H9ClO4S/c1-25-15-6-4-13(5-7-15)14-11-20-19(21-12-14)22-28(23,24)16-8-9-17(26-2)18(10-16)27-3;1-15-10-4-2-8(3-5-10)9-6-13-11(12)14-7-9;1-12-7-4-3-6(14(9,10)11)5-8(7)13-2/h4-12H,1-3H3,(H,20,21,22);2-7H,1H3,(H2,12,13,14);3-5H,1-2H3. The van der Waals surface area contributed by atoms with Crippen LogP contribution in [0.3, 0.4) is 0 Å². The number of aromatic nitrogens is 4. The molecular formula is C38H39ClN6O10S2. The van der Waals surface area contributed by atoms with E-state index >= 15 is 0 Å². The average molecular weight is 839 g/mol. The lowest BCUT2D eigenvalue weighted by Crippen LogP contribution is -2.15. The van der Waals surface area contributed by atoms with Crippen LogP contribution < -0.4 is 38.9 Å². The smallest absolute Gasteiger partial charge is 0.264 e. The monoisotopic (exact) mass is 838 g/mol. The van der Waals surface area contributed by atoms with Gasteiger partial charge in [-0.05, 0) is 59.7 Å². The summed E-state index contributed by atoms with van der Waals surface area (Å²) in [6.07, 6.45) is 6.48. The third-order valence-corrected chi connectivity index (χ3v) is 10.4. The van der Waals surface area contributed by atoms with Gasteiger partial charge in [0.05, 0.1) is 52.4 Å². The minimum absolute atomic E-state index is 0.00739. The molecule has 2 aromatic heterocycles. The van der Waals surface area contributed by atoms with Crippen LogP contribution in [-0.4, -0.2) is 79.4 Å². The molecule has 0 aliphatic rings. The normalized spacial score (nSPS) is 10.7. The van der Waals surface area contributed by atoms with E-state index in [0.29, 0.717) is 23.0 Å². The van der Waals surface area contributed by atoms with Crippen molar-refractivity contribution in [3.05, 3.63) is 110 Å². The molecular weight excluding hydrogens is 800 g/mol. The van der Waals surface area contributed by atoms with Gasteiger partial charge in [0.1, 0.15) is 11.5 Å². The zero-order valence-electron chi connectivity index (χ0n) is 31.5. The number of sulfonamides is 1. The van der Waals surface area contributed by atoms with Gasteiger partial charge in [0.25, 0.3) is 19.1 Å². The molecule has 0 spiro atoms. The molecule has 4 aromatic carbocycles. The molecule has 3 N–H and O–H groups in total. The van der Waals surface area contributed by atoms with Gasteiger partial charge in [-0.25, -0.2) is 41.5 Å². The number of rotatable bonds is 12. The van der Waals surface area contributed by atoms with E-state index in [0.717, 1.165) is 33.8 Å². The van der Waals surface area contributed by atoms with Crippen molar-refractivity contribution in [3.63, 3.8) is 0 Å². The van der Waals surface area contributed by atoms with E-state index in [2.05, 4.69) is 24.7 Å². The Morgan fingerprint density at radius 3 is 1.26 bits per heavy atom. The molecule has 6 aromatic rings. The van der Waals surface area contributed by atoms with Gasteiger partial charge in [-0.3, -0.25) is 0 Å². The molecule has 19 heteroatoms. The molecule has 0 amide bonds. The highest BCUT2D eigenvalue weighted by Gasteiger charge is 2.19. The predicted octanol–water partition coefficient (Wildman–Crippen LogP) is 6.34. The van der Waals surface area contributed by atoms with Crippen molar-refractivity contribution in [2.24, 2.45) is 0 Å². The maximum absolute atomic E-state index is 12.6. The van der Waals surface area contributed by atoms with E-state index in [1.807, 2.05) is 48.5 Å². The highest BCUT2D eigenvalue weighted by atomic mass is 35.7. The minimum Gasteiger partial charge on any atom is -0.497 e. The van der Waals surface area contributed by atoms with Gasteiger partial charge in [0, 0.05) is 58.7 Å². The summed E-state index contributed by atoms with van der Waals surface area (Å²) in [6.45, 7) is 0. The first-order valence-corrected chi connectivity index (χ1v) is 20.1. The highest BCUT2D eigenvalue weighted by molar-refractivity contribution is 8.13. The SMILES string of the molecule is COc1ccc(-c2cnc(N)nc2)cc1.COc1ccc(-c2cnc(NS(=O)(=O)c3ccc(OC)c(OC)c3)nc2)cc1.COc1ccc(S(=O)(=O)Cl)cc1OC. The van der Waals surface area contributed by atoms with Crippen molar-refractivity contribution >= 4 is 41.7 Å². The molecule has 0 radical (unpaired) electrons. The Bertz CT molecular complexity index is 2440. The molecule has 57 heavy (non-hydrogen) atoms. The number of nitrogens with zero attached hydrogens (tertiary/aromatic N) is 4. The Kier molecular flexibility index (Phi) is 15.2. The number of benzene rings is 4. The van der Waals surface area contributed by atoms with Crippen LogP contribution in [0.25, 0.3) is 22.3 Å². The van der Waals surface area contributed by atoms with Gasteiger partial charge in [0.2, 0.25) is 11.9 Å². The largest absolute Gasteiger partial charge is 0.497 e. The van der Waals surface area contributed by atoms with E-state index < -0.39 is 19.1 Å². The highest BCUT2D eigenvalue weighted by Crippen LogP contribution is 2.31. The summed E-state index contributed by atoms with van der Waals surface area (Å²) in [5.74, 6) is 3.34. The molecule has 2 heterocycles. The Morgan fingerprint density at radius 2 is 0.877 bits per heavy atom. The molecule has 0 aliphatic heterocycles. The van der Waals surface area contributed by atoms with Gasteiger partial charge < -0.3 is 34.2 Å². The third-order valence-electron chi connectivity index (χ3n) is 7.70. The van der Waals surface area contributed by atoms with Crippen molar-refractivity contribution in [1.82, 2.24) is 19.9 Å². The molecule has 0 fully saturated rings. The summed E-state index contributed by atoms with van der Waals surface area (Å²) >= 11 is 0. The number of halogens is 1. The van der Waals surface area contributed by atoms with Crippen LogP contribution in [0.1, 0.15) is 0 Å². The van der Waals surface area contributed by atoms with Crippen molar-refractivity contribution < 1.29 is 45.3 Å². The molecule has 6 rings (SSSR count). The van der Waals surface area contributed by atoms with Crippen molar-refractivity contribution in [2.45, 2.75) is 9.79 Å². The molecule has 0 atom stereocenters. The zero-order valence-corrected chi connectivity index (χ0v) is 33.9. The molecule has 300 valence electrons. The maximum Gasteiger partial charge on any atom is 0.264 e. The van der Waals surface area contributed by atoms with E-state index in [-0.39, 0.29) is 21.7 Å². The van der Waals surface area contributed by atoms with Crippen LogP contribution in [0.4, 0.5) is 11.9 Å². The topological polar surface area (TPSA) is 213 Å². The zero-order chi connectivity index (χ0) is 41.6. The number of nitrogens with one attached hydrogen (secondary N) is 1. The summed E-state index contributed by atoms with van der Waals surface area (Å²) in [7, 11) is 6.58. The molecule has 0 saturated heterocycles. The Hall–Kier alpha value is -6.37. The van der Waals surface area contributed by atoms with Gasteiger partial charge in [-0.1, -0.05) is 24.3 Å². The molecule has 0 aliphatic carbocycles. The number of hydrogen-bond donors (Lipinski definition) is 2. The fraction of sp³-hybridized carbons (Fsp3) is 0.158. The van der Waals surface area contributed by atoms with Crippen LogP contribution in [0.2, 0.25) is 0 Å². The first kappa shape index (κ1) is 43.4. The lowest BCUT2D eigenvalue weighted by atomic mass is 10.1. The lowest BCUT2D eigenvalue weighted by Gasteiger charge is -2.11. The van der Waals surface area contributed by atoms with Gasteiger partial charge in [-0.2, -0.15) is 0 Å². The van der Waals surface area contributed by atoms with Crippen LogP contribution in [0, 0.1) is 0 Å². The van der Waals surface area contributed by atoms with Crippen LogP contribution in [-0.2, 0) is 19.1 Å².